The molecule has 162 valence electrons. The molecular formula is C21H27Cl2N5O2. The largest absolute Gasteiger partial charge is 0.496 e. The molecule has 0 aliphatic carbocycles. The van der Waals surface area contributed by atoms with Crippen LogP contribution in [-0.4, -0.2) is 37.8 Å². The average Bonchev–Trinajstić information content (AvgIpc) is 2.74. The Hall–Kier alpha value is -2.48. The average molecular weight is 452 g/mol. The number of amides is 1. The Labute approximate surface area is 187 Å². The number of rotatable bonds is 9. The van der Waals surface area contributed by atoms with Gasteiger partial charge in [-0.15, -0.1) is 0 Å². The number of carbonyl (C=O) groups excluding carboxylic acids is 1. The summed E-state index contributed by atoms with van der Waals surface area (Å²) in [5.41, 5.74) is 1.98. The van der Waals surface area contributed by atoms with Crippen LogP contribution in [0.2, 0.25) is 10.0 Å². The van der Waals surface area contributed by atoms with Crippen molar-refractivity contribution < 1.29 is 9.53 Å². The van der Waals surface area contributed by atoms with Crippen molar-refractivity contribution in [3.05, 3.63) is 57.6 Å². The highest BCUT2D eigenvalue weighted by atomic mass is 35.5. The predicted molar refractivity (Wildman–Crippen MR) is 123 cm³/mol. The zero-order valence-corrected chi connectivity index (χ0v) is 18.8. The summed E-state index contributed by atoms with van der Waals surface area (Å²) in [5.74, 6) is 11.4. The molecule has 0 heterocycles. The van der Waals surface area contributed by atoms with Crippen molar-refractivity contribution in [3.63, 3.8) is 0 Å². The number of carbonyl (C=O) groups is 1. The molecule has 9 heteroatoms. The lowest BCUT2D eigenvalue weighted by Gasteiger charge is -2.26. The van der Waals surface area contributed by atoms with Gasteiger partial charge in [-0.1, -0.05) is 42.6 Å². The number of hydrazone groups is 1. The fraction of sp³-hybridized carbons (Fsp3) is 0.333. The van der Waals surface area contributed by atoms with E-state index in [0.29, 0.717) is 33.6 Å². The Bertz CT molecular complexity index is 907. The van der Waals surface area contributed by atoms with Crippen molar-refractivity contribution in [2.75, 3.05) is 25.7 Å². The third-order valence-corrected chi connectivity index (χ3v) is 5.53. The maximum Gasteiger partial charge on any atom is 0.257 e. The van der Waals surface area contributed by atoms with Gasteiger partial charge < -0.3 is 15.5 Å². The predicted octanol–water partition coefficient (Wildman–Crippen LogP) is 4.24. The summed E-state index contributed by atoms with van der Waals surface area (Å²) in [4.78, 5) is 14.9. The monoisotopic (exact) mass is 451 g/mol. The molecule has 1 atom stereocenters. The molecule has 2 aromatic rings. The molecule has 2 rings (SSSR count). The van der Waals surface area contributed by atoms with Gasteiger partial charge in [-0.05, 0) is 42.3 Å². The van der Waals surface area contributed by atoms with Gasteiger partial charge >= 0.3 is 0 Å². The van der Waals surface area contributed by atoms with E-state index in [-0.39, 0.29) is 11.8 Å². The van der Waals surface area contributed by atoms with Crippen LogP contribution < -0.4 is 21.4 Å². The van der Waals surface area contributed by atoms with Crippen LogP contribution in [0.5, 0.6) is 5.75 Å². The molecule has 2 aromatic carbocycles. The Morgan fingerprint density at radius 2 is 1.97 bits per heavy atom. The van der Waals surface area contributed by atoms with Crippen LogP contribution in [0.4, 0.5) is 5.69 Å². The minimum Gasteiger partial charge on any atom is -0.496 e. The number of anilines is 1. The molecule has 0 aromatic heterocycles. The topological polar surface area (TPSA) is 97.2 Å². The molecule has 0 bridgehead atoms. The molecular weight excluding hydrogens is 425 g/mol. The molecule has 0 radical (unpaired) electrons. The Morgan fingerprint density at radius 1 is 1.23 bits per heavy atom. The summed E-state index contributed by atoms with van der Waals surface area (Å²) in [6.45, 7) is 2.61. The third kappa shape index (κ3) is 5.78. The van der Waals surface area contributed by atoms with Gasteiger partial charge in [0.15, 0.2) is 0 Å². The lowest BCUT2D eigenvalue weighted by Crippen LogP contribution is -2.32. The number of benzene rings is 2. The zero-order valence-electron chi connectivity index (χ0n) is 17.3. The summed E-state index contributed by atoms with van der Waals surface area (Å²) in [7, 11) is 3.28. The van der Waals surface area contributed by atoms with Crippen molar-refractivity contribution in [1.29, 1.82) is 0 Å². The first-order valence-electron chi connectivity index (χ1n) is 9.48. The normalized spacial score (nSPS) is 12.1. The van der Waals surface area contributed by atoms with Crippen molar-refractivity contribution in [2.24, 2.45) is 16.8 Å². The minimum atomic E-state index is -0.187. The first kappa shape index (κ1) is 23.8. The number of nitrogens with two attached hydrogens (primary N) is 2. The summed E-state index contributed by atoms with van der Waals surface area (Å²) in [6.07, 6.45) is 3.12. The van der Waals surface area contributed by atoms with Gasteiger partial charge in [0.2, 0.25) is 0 Å². The van der Waals surface area contributed by atoms with Gasteiger partial charge in [-0.2, -0.15) is 5.10 Å². The van der Waals surface area contributed by atoms with Gasteiger partial charge in [0.1, 0.15) is 12.1 Å². The molecule has 1 amide bonds. The second kappa shape index (κ2) is 11.1. The van der Waals surface area contributed by atoms with Gasteiger partial charge in [0, 0.05) is 19.5 Å². The Morgan fingerprint density at radius 3 is 2.57 bits per heavy atom. The fourth-order valence-electron chi connectivity index (χ4n) is 3.26. The fourth-order valence-corrected chi connectivity index (χ4v) is 3.57. The standard InChI is InChI=1S/C21H27Cl2N5O2/c1-4-5-15(14-6-8-18(22)19(23)10-14)12-27(2)21(29)17-11-16(28(25)13-26-24)7-9-20(17)30-3/h6-11,13,15H,4-5,12,24-25H2,1-3H3/b26-13-. The number of halogens is 2. The molecule has 4 N–H and O–H groups in total. The molecule has 0 fully saturated rings. The van der Waals surface area contributed by atoms with E-state index in [1.807, 2.05) is 12.1 Å². The molecule has 0 spiro atoms. The molecule has 0 saturated carbocycles. The summed E-state index contributed by atoms with van der Waals surface area (Å²) in [6, 6.07) is 10.6. The number of hydrazine groups is 1. The number of methoxy groups -OCH3 is 1. The van der Waals surface area contributed by atoms with Crippen LogP contribution in [0, 0.1) is 0 Å². The second-order valence-corrected chi connectivity index (χ2v) is 7.72. The maximum absolute atomic E-state index is 13.2. The lowest BCUT2D eigenvalue weighted by atomic mass is 9.93. The van der Waals surface area contributed by atoms with Crippen LogP contribution in [0.25, 0.3) is 0 Å². The van der Waals surface area contributed by atoms with Crippen LogP contribution >= 0.6 is 23.2 Å². The highest BCUT2D eigenvalue weighted by Gasteiger charge is 2.22. The number of hydrogen-bond acceptors (Lipinski definition) is 5. The second-order valence-electron chi connectivity index (χ2n) is 6.90. The van der Waals surface area contributed by atoms with E-state index in [1.165, 1.54) is 18.5 Å². The lowest BCUT2D eigenvalue weighted by molar-refractivity contribution is 0.0781. The Balaban J connectivity index is 2.30. The van der Waals surface area contributed by atoms with Crippen molar-refractivity contribution in [2.45, 2.75) is 25.7 Å². The summed E-state index contributed by atoms with van der Waals surface area (Å²) < 4.78 is 5.38. The van der Waals surface area contributed by atoms with E-state index < -0.39 is 0 Å². The number of ether oxygens (including phenoxy) is 1. The van der Waals surface area contributed by atoms with Crippen LogP contribution in [0.1, 0.15) is 41.6 Å². The van der Waals surface area contributed by atoms with Crippen molar-refractivity contribution >= 4 is 41.1 Å². The van der Waals surface area contributed by atoms with Gasteiger partial charge in [0.25, 0.3) is 5.91 Å². The van der Waals surface area contributed by atoms with Gasteiger partial charge in [0.05, 0.1) is 28.4 Å². The van der Waals surface area contributed by atoms with E-state index in [0.717, 1.165) is 18.4 Å². The molecule has 0 aliphatic rings. The van der Waals surface area contributed by atoms with Crippen LogP contribution in [-0.2, 0) is 0 Å². The molecule has 0 aliphatic heterocycles. The van der Waals surface area contributed by atoms with Gasteiger partial charge in [-0.3, -0.25) is 9.80 Å². The van der Waals surface area contributed by atoms with Crippen LogP contribution in [0.3, 0.4) is 0 Å². The molecule has 7 nitrogen and oxygen atoms in total. The highest BCUT2D eigenvalue weighted by molar-refractivity contribution is 6.42. The maximum atomic E-state index is 13.2. The van der Waals surface area contributed by atoms with E-state index >= 15 is 0 Å². The zero-order chi connectivity index (χ0) is 22.3. The quantitative estimate of drug-likeness (QED) is 0.257. The summed E-state index contributed by atoms with van der Waals surface area (Å²) in [5, 5.41) is 5.64. The van der Waals surface area contributed by atoms with E-state index in [4.69, 9.17) is 39.6 Å². The molecule has 0 saturated heterocycles. The van der Waals surface area contributed by atoms with E-state index in [2.05, 4.69) is 12.0 Å². The van der Waals surface area contributed by atoms with Crippen molar-refractivity contribution in [1.82, 2.24) is 4.90 Å². The Kier molecular flexibility index (Phi) is 8.77. The van der Waals surface area contributed by atoms with E-state index in [1.54, 1.807) is 36.2 Å². The van der Waals surface area contributed by atoms with Crippen LogP contribution in [0.15, 0.2) is 41.5 Å². The minimum absolute atomic E-state index is 0.114. The highest BCUT2D eigenvalue weighted by Crippen LogP contribution is 2.30. The summed E-state index contributed by atoms with van der Waals surface area (Å²) >= 11 is 12.3. The number of likely N-dealkylation sites (N-methyl/N-ethyl adjacent to an activating group) is 1. The first-order chi connectivity index (χ1) is 14.3. The van der Waals surface area contributed by atoms with Gasteiger partial charge in [-0.25, -0.2) is 5.84 Å². The van der Waals surface area contributed by atoms with Crippen molar-refractivity contribution in [3.8, 4) is 5.75 Å². The smallest absolute Gasteiger partial charge is 0.257 e. The third-order valence-electron chi connectivity index (χ3n) is 4.80. The van der Waals surface area contributed by atoms with E-state index in [9.17, 15) is 4.79 Å². The SMILES string of the molecule is CCCC(CN(C)C(=O)c1cc(N(N)/C=N\N)ccc1OC)c1ccc(Cl)c(Cl)c1. The first-order valence-corrected chi connectivity index (χ1v) is 10.2. The number of nitrogens with zero attached hydrogens (tertiary/aromatic N) is 3. The molecule has 1 unspecified atom stereocenters. The number of hydrogen-bond donors (Lipinski definition) is 2. The molecule has 30 heavy (non-hydrogen) atoms.